The van der Waals surface area contributed by atoms with Gasteiger partial charge in [0.2, 0.25) is 0 Å². The van der Waals surface area contributed by atoms with Gasteiger partial charge in [0.1, 0.15) is 0 Å². The predicted molar refractivity (Wildman–Crippen MR) is 69.2 cm³/mol. The number of hydrogen-bond donors (Lipinski definition) is 0. The van der Waals surface area contributed by atoms with Gasteiger partial charge in [0.15, 0.2) is 0 Å². The summed E-state index contributed by atoms with van der Waals surface area (Å²) in [6.07, 6.45) is 3.54. The van der Waals surface area contributed by atoms with E-state index in [4.69, 9.17) is 0 Å². The van der Waals surface area contributed by atoms with Gasteiger partial charge in [-0.05, 0) is 24.3 Å². The van der Waals surface area contributed by atoms with Crippen molar-refractivity contribution >= 4 is 0 Å². The van der Waals surface area contributed by atoms with E-state index in [1.807, 2.05) is 36.4 Å². The molecule has 0 bridgehead atoms. The van der Waals surface area contributed by atoms with E-state index in [-0.39, 0.29) is 52.3 Å². The molecular weight excluding hydrogens is 345 g/mol. The number of rotatable bonds is 1. The second-order valence-electron chi connectivity index (χ2n) is 2.43. The molecule has 0 fully saturated rings. The Kier molecular flexibility index (Phi) is 36.1. The molecule has 9 heteroatoms. The quantitative estimate of drug-likeness (QED) is 0.489. The van der Waals surface area contributed by atoms with Crippen molar-refractivity contribution in [3.8, 4) is 11.4 Å². The molecule has 0 amide bonds. The molecule has 0 aliphatic carbocycles. The topological polar surface area (TPSA) is 215 Å². The summed E-state index contributed by atoms with van der Waals surface area (Å²) in [7, 11) is 0. The van der Waals surface area contributed by atoms with Crippen molar-refractivity contribution in [2.75, 3.05) is 0 Å². The van der Waals surface area contributed by atoms with E-state index in [2.05, 4.69) is 9.97 Å². The molecule has 0 atom stereocenters. The van der Waals surface area contributed by atoms with Crippen LogP contribution in [0.5, 0.6) is 0 Å². The largest absolute Gasteiger partial charge is 2.00 e. The predicted octanol–water partition coefficient (Wildman–Crippen LogP) is -2.81. The molecule has 0 aliphatic heterocycles. The smallest absolute Gasteiger partial charge is 0.412 e. The summed E-state index contributed by atoms with van der Waals surface area (Å²) in [6.45, 7) is 0. The fourth-order valence-corrected chi connectivity index (χ4v) is 1.03. The van der Waals surface area contributed by atoms with Gasteiger partial charge in [-0.15, -0.1) is 0 Å². The Labute approximate surface area is 123 Å². The van der Waals surface area contributed by atoms with E-state index in [1.165, 1.54) is 0 Å². The molecule has 0 unspecified atom stereocenters. The molecule has 0 aromatic carbocycles. The van der Waals surface area contributed by atoms with Gasteiger partial charge in [-0.2, -0.15) is 0 Å². The van der Waals surface area contributed by atoms with Crippen molar-refractivity contribution in [1.82, 2.24) is 9.97 Å². The second kappa shape index (κ2) is 19.0. The van der Waals surface area contributed by atoms with Crippen molar-refractivity contribution in [3.63, 3.8) is 0 Å². The third-order valence-electron chi connectivity index (χ3n) is 1.59. The summed E-state index contributed by atoms with van der Waals surface area (Å²) in [5.41, 5.74) is 1.83. The first-order valence-corrected chi connectivity index (χ1v) is 3.79. The van der Waals surface area contributed by atoms with Crippen LogP contribution in [-0.2, 0) is 19.5 Å². The van der Waals surface area contributed by atoms with E-state index < -0.39 is 0 Å². The van der Waals surface area contributed by atoms with Gasteiger partial charge in [-0.3, -0.25) is 9.97 Å². The zero-order valence-electron chi connectivity index (χ0n) is 9.87. The van der Waals surface area contributed by atoms with Gasteiger partial charge in [0.25, 0.3) is 0 Å². The van der Waals surface area contributed by atoms with Crippen LogP contribution in [0.15, 0.2) is 48.8 Å². The van der Waals surface area contributed by atoms with Crippen LogP contribution in [0, 0.1) is 0 Å². The van der Waals surface area contributed by atoms with Crippen molar-refractivity contribution in [2.45, 2.75) is 0 Å². The maximum absolute atomic E-state index is 4.19. The van der Waals surface area contributed by atoms with Crippen LogP contribution >= 0.6 is 0 Å². The molecule has 8 nitrogen and oxygen atoms in total. The number of hydrogen-bond acceptors (Lipinski definition) is 2. The van der Waals surface area contributed by atoms with Crippen LogP contribution < -0.4 is 0 Å². The number of pyridine rings is 2. The normalized spacial score (nSPS) is 6.11. The van der Waals surface area contributed by atoms with E-state index in [9.17, 15) is 0 Å². The molecule has 112 valence electrons. The average Bonchev–Trinajstić information content (AvgIpc) is 2.21. The summed E-state index contributed by atoms with van der Waals surface area (Å²) in [4.78, 5) is 8.37. The molecule has 2 aromatic heterocycles. The van der Waals surface area contributed by atoms with Crippen LogP contribution in [0.4, 0.5) is 0 Å². The Morgan fingerprint density at radius 2 is 0.842 bits per heavy atom. The molecule has 19 heavy (non-hydrogen) atoms. The first-order chi connectivity index (χ1) is 5.97. The maximum Gasteiger partial charge on any atom is 2.00 e. The molecule has 0 saturated carbocycles. The molecular formula is C10H20N2O6Ru+2. The van der Waals surface area contributed by atoms with Gasteiger partial charge in [0.05, 0.1) is 11.4 Å². The summed E-state index contributed by atoms with van der Waals surface area (Å²) >= 11 is 0. The Balaban J connectivity index is -0.0000000604. The molecule has 0 radical (unpaired) electrons. The van der Waals surface area contributed by atoms with Gasteiger partial charge >= 0.3 is 19.5 Å². The third kappa shape index (κ3) is 10.3. The van der Waals surface area contributed by atoms with Gasteiger partial charge in [0, 0.05) is 12.4 Å². The van der Waals surface area contributed by atoms with Crippen LogP contribution in [0.2, 0.25) is 0 Å². The Morgan fingerprint density at radius 3 is 1.05 bits per heavy atom. The summed E-state index contributed by atoms with van der Waals surface area (Å²) < 4.78 is 0. The Morgan fingerprint density at radius 1 is 0.526 bits per heavy atom. The maximum atomic E-state index is 4.19. The first kappa shape index (κ1) is 36.1. The van der Waals surface area contributed by atoms with Crippen molar-refractivity contribution in [2.24, 2.45) is 0 Å². The van der Waals surface area contributed by atoms with E-state index in [1.54, 1.807) is 12.4 Å². The molecule has 2 aromatic rings. The van der Waals surface area contributed by atoms with Gasteiger partial charge in [-0.1, -0.05) is 12.1 Å². The number of nitrogens with zero attached hydrogens (tertiary/aromatic N) is 2. The molecule has 0 saturated heterocycles. The molecule has 2 rings (SSSR count). The summed E-state index contributed by atoms with van der Waals surface area (Å²) in [5.74, 6) is 0. The van der Waals surface area contributed by atoms with Crippen LogP contribution in [0.25, 0.3) is 11.4 Å². The summed E-state index contributed by atoms with van der Waals surface area (Å²) in [5, 5.41) is 0. The summed E-state index contributed by atoms with van der Waals surface area (Å²) in [6, 6.07) is 11.6. The SMILES string of the molecule is O.O.O.O.O.O.[Ru+2].c1ccc(-c2ccccn2)nc1. The Hall–Kier alpha value is -1.32. The zero-order valence-corrected chi connectivity index (χ0v) is 11.6. The van der Waals surface area contributed by atoms with E-state index in [0.717, 1.165) is 11.4 Å². The fraction of sp³-hybridized carbons (Fsp3) is 0. The first-order valence-electron chi connectivity index (χ1n) is 3.79. The van der Waals surface area contributed by atoms with Crippen LogP contribution in [0.3, 0.4) is 0 Å². The minimum Gasteiger partial charge on any atom is -0.412 e. The molecule has 2 heterocycles. The monoisotopic (exact) mass is 366 g/mol. The zero-order chi connectivity index (χ0) is 8.23. The molecule has 0 aliphatic rings. The molecule has 0 spiro atoms. The second-order valence-corrected chi connectivity index (χ2v) is 2.43. The fourth-order valence-electron chi connectivity index (χ4n) is 1.03. The van der Waals surface area contributed by atoms with Crippen molar-refractivity contribution in [3.05, 3.63) is 48.8 Å². The van der Waals surface area contributed by atoms with Crippen molar-refractivity contribution in [1.29, 1.82) is 0 Å². The average molecular weight is 365 g/mol. The minimum atomic E-state index is 0. The minimum absolute atomic E-state index is 0. The molecule has 12 N–H and O–H groups in total. The van der Waals surface area contributed by atoms with Gasteiger partial charge < -0.3 is 32.9 Å². The standard InChI is InChI=1S/C10H8N2.6H2O.Ru/c1-3-7-11-9(5-1)10-6-2-4-8-12-10;;;;;;;/h1-8H;6*1H2;/q;;;;;;;+2. The van der Waals surface area contributed by atoms with Gasteiger partial charge in [-0.25, -0.2) is 0 Å². The van der Waals surface area contributed by atoms with E-state index >= 15 is 0 Å². The Bertz CT molecular complexity index is 327. The van der Waals surface area contributed by atoms with Crippen LogP contribution in [0.1, 0.15) is 0 Å². The van der Waals surface area contributed by atoms with Crippen LogP contribution in [-0.4, -0.2) is 42.8 Å². The number of aromatic nitrogens is 2. The third-order valence-corrected chi connectivity index (χ3v) is 1.59. The van der Waals surface area contributed by atoms with Crippen molar-refractivity contribution < 1.29 is 52.3 Å². The van der Waals surface area contributed by atoms with E-state index in [0.29, 0.717) is 0 Å².